The first-order valence-corrected chi connectivity index (χ1v) is 8.13. The van der Waals surface area contributed by atoms with Gasteiger partial charge in [-0.15, -0.1) is 0 Å². The van der Waals surface area contributed by atoms with E-state index in [1.165, 1.54) is 0 Å². The first kappa shape index (κ1) is 15.8. The van der Waals surface area contributed by atoms with Gasteiger partial charge in [-0.2, -0.15) is 5.26 Å². The maximum absolute atomic E-state index is 9.54. The molecule has 0 aromatic carbocycles. The Morgan fingerprint density at radius 1 is 1.35 bits per heavy atom. The van der Waals surface area contributed by atoms with E-state index in [0.29, 0.717) is 18.2 Å². The fourth-order valence-electron chi connectivity index (χ4n) is 3.79. The molecule has 0 bridgehead atoms. The van der Waals surface area contributed by atoms with Crippen LogP contribution in [0.3, 0.4) is 0 Å². The molecule has 1 aliphatic heterocycles. The van der Waals surface area contributed by atoms with Crippen molar-refractivity contribution in [1.82, 2.24) is 10.2 Å². The zero-order valence-electron chi connectivity index (χ0n) is 13.2. The summed E-state index contributed by atoms with van der Waals surface area (Å²) in [6, 6.07) is 3.49. The van der Waals surface area contributed by atoms with Crippen LogP contribution >= 0.6 is 0 Å². The Labute approximate surface area is 123 Å². The molecular weight excluding hydrogens is 250 g/mol. The van der Waals surface area contributed by atoms with Crippen molar-refractivity contribution in [3.05, 3.63) is 0 Å². The molecule has 0 amide bonds. The molecule has 1 saturated heterocycles. The van der Waals surface area contributed by atoms with Gasteiger partial charge in [-0.05, 0) is 52.9 Å². The molecule has 114 valence electrons. The van der Waals surface area contributed by atoms with Crippen LogP contribution < -0.4 is 5.32 Å². The van der Waals surface area contributed by atoms with Crippen LogP contribution in [-0.4, -0.2) is 48.3 Å². The number of ether oxygens (including phenoxy) is 1. The highest BCUT2D eigenvalue weighted by atomic mass is 16.5. The predicted octanol–water partition coefficient (Wildman–Crippen LogP) is 2.30. The van der Waals surface area contributed by atoms with Gasteiger partial charge >= 0.3 is 0 Å². The Morgan fingerprint density at radius 3 is 2.60 bits per heavy atom. The van der Waals surface area contributed by atoms with Gasteiger partial charge in [0.1, 0.15) is 5.54 Å². The molecule has 4 heteroatoms. The highest BCUT2D eigenvalue weighted by molar-refractivity contribution is 5.14. The van der Waals surface area contributed by atoms with Crippen molar-refractivity contribution in [1.29, 1.82) is 5.26 Å². The van der Waals surface area contributed by atoms with Gasteiger partial charge in [0.15, 0.2) is 0 Å². The Kier molecular flexibility index (Phi) is 5.42. The molecule has 1 heterocycles. The summed E-state index contributed by atoms with van der Waals surface area (Å²) >= 11 is 0. The second-order valence-electron chi connectivity index (χ2n) is 6.58. The minimum Gasteiger partial charge on any atom is -0.378 e. The van der Waals surface area contributed by atoms with E-state index in [1.54, 1.807) is 0 Å². The third-order valence-electron chi connectivity index (χ3n) is 4.66. The molecule has 0 aromatic rings. The predicted molar refractivity (Wildman–Crippen MR) is 80.5 cm³/mol. The first-order chi connectivity index (χ1) is 9.58. The summed E-state index contributed by atoms with van der Waals surface area (Å²) in [4.78, 5) is 2.58. The summed E-state index contributed by atoms with van der Waals surface area (Å²) < 4.78 is 5.72. The largest absolute Gasteiger partial charge is 0.378 e. The van der Waals surface area contributed by atoms with Crippen LogP contribution in [0, 0.1) is 11.3 Å². The van der Waals surface area contributed by atoms with Crippen molar-refractivity contribution in [3.63, 3.8) is 0 Å². The summed E-state index contributed by atoms with van der Waals surface area (Å²) in [7, 11) is 0. The lowest BCUT2D eigenvalue weighted by atomic mass is 9.97. The standard InChI is InChI=1S/C16H29N3O/c1-4-20-15-6-9-19(10-7-15)14-5-8-16(11-14,12-17)18-13(2)3/h13-15,18H,4-11H2,1-3H3. The topological polar surface area (TPSA) is 48.3 Å². The second-order valence-corrected chi connectivity index (χ2v) is 6.58. The fourth-order valence-corrected chi connectivity index (χ4v) is 3.79. The van der Waals surface area contributed by atoms with Crippen molar-refractivity contribution in [2.75, 3.05) is 19.7 Å². The van der Waals surface area contributed by atoms with Crippen LogP contribution in [0.15, 0.2) is 0 Å². The van der Waals surface area contributed by atoms with Gasteiger partial charge in [0.05, 0.1) is 12.2 Å². The monoisotopic (exact) mass is 279 g/mol. The van der Waals surface area contributed by atoms with Crippen molar-refractivity contribution >= 4 is 0 Å². The average molecular weight is 279 g/mol. The lowest BCUT2D eigenvalue weighted by Crippen LogP contribution is -2.48. The SMILES string of the molecule is CCOC1CCN(C2CCC(C#N)(NC(C)C)C2)CC1. The lowest BCUT2D eigenvalue weighted by Gasteiger charge is -2.36. The van der Waals surface area contributed by atoms with E-state index in [4.69, 9.17) is 4.74 Å². The summed E-state index contributed by atoms with van der Waals surface area (Å²) in [6.07, 6.45) is 5.83. The van der Waals surface area contributed by atoms with Crippen LogP contribution in [0.1, 0.15) is 52.9 Å². The van der Waals surface area contributed by atoms with E-state index in [0.717, 1.165) is 51.8 Å². The summed E-state index contributed by atoms with van der Waals surface area (Å²) in [5.41, 5.74) is -0.296. The molecule has 1 aliphatic carbocycles. The number of likely N-dealkylation sites (tertiary alicyclic amines) is 1. The zero-order valence-corrected chi connectivity index (χ0v) is 13.2. The highest BCUT2D eigenvalue weighted by Crippen LogP contribution is 2.34. The molecule has 0 radical (unpaired) electrons. The number of nitrogens with one attached hydrogen (secondary N) is 1. The van der Waals surface area contributed by atoms with E-state index in [1.807, 2.05) is 0 Å². The highest BCUT2D eigenvalue weighted by Gasteiger charge is 2.42. The fraction of sp³-hybridized carbons (Fsp3) is 0.938. The lowest BCUT2D eigenvalue weighted by molar-refractivity contribution is 0.00412. The summed E-state index contributed by atoms with van der Waals surface area (Å²) in [5.74, 6) is 0. The first-order valence-electron chi connectivity index (χ1n) is 8.13. The molecule has 0 spiro atoms. The molecule has 2 rings (SSSR count). The number of piperidine rings is 1. The van der Waals surface area contributed by atoms with Gasteiger partial charge in [0.25, 0.3) is 0 Å². The van der Waals surface area contributed by atoms with Crippen molar-refractivity contribution < 1.29 is 4.74 Å². The Balaban J connectivity index is 1.86. The van der Waals surface area contributed by atoms with Crippen molar-refractivity contribution in [2.45, 2.75) is 76.6 Å². The molecule has 2 aliphatic rings. The third-order valence-corrected chi connectivity index (χ3v) is 4.66. The van der Waals surface area contributed by atoms with Gasteiger partial charge in [-0.3, -0.25) is 5.32 Å². The maximum atomic E-state index is 9.54. The van der Waals surface area contributed by atoms with E-state index >= 15 is 0 Å². The number of hydrogen-bond donors (Lipinski definition) is 1. The third kappa shape index (κ3) is 3.72. The number of nitriles is 1. The van der Waals surface area contributed by atoms with Gasteiger partial charge in [-0.25, -0.2) is 0 Å². The van der Waals surface area contributed by atoms with Crippen LogP contribution in [0.2, 0.25) is 0 Å². The van der Waals surface area contributed by atoms with Gasteiger partial charge in [0, 0.05) is 31.8 Å². The molecule has 1 saturated carbocycles. The van der Waals surface area contributed by atoms with Gasteiger partial charge in [-0.1, -0.05) is 0 Å². The maximum Gasteiger partial charge on any atom is 0.108 e. The van der Waals surface area contributed by atoms with E-state index in [9.17, 15) is 5.26 Å². The summed E-state index contributed by atoms with van der Waals surface area (Å²) in [5, 5.41) is 13.0. The molecule has 20 heavy (non-hydrogen) atoms. The summed E-state index contributed by atoms with van der Waals surface area (Å²) in [6.45, 7) is 9.39. The van der Waals surface area contributed by atoms with Gasteiger partial charge in [0.2, 0.25) is 0 Å². The molecule has 2 atom stereocenters. The Hall–Kier alpha value is -0.630. The minimum atomic E-state index is -0.296. The molecule has 1 N–H and O–H groups in total. The number of nitrogens with zero attached hydrogens (tertiary/aromatic N) is 2. The Morgan fingerprint density at radius 2 is 2.05 bits per heavy atom. The Bertz CT molecular complexity index is 344. The zero-order chi connectivity index (χ0) is 14.6. The second kappa shape index (κ2) is 6.89. The molecule has 2 unspecified atom stereocenters. The van der Waals surface area contributed by atoms with Crippen LogP contribution in [0.4, 0.5) is 0 Å². The molecular formula is C16H29N3O. The molecule has 2 fully saturated rings. The van der Waals surface area contributed by atoms with E-state index in [2.05, 4.69) is 37.1 Å². The number of rotatable bonds is 5. The van der Waals surface area contributed by atoms with Crippen molar-refractivity contribution in [2.24, 2.45) is 0 Å². The quantitative estimate of drug-likeness (QED) is 0.839. The van der Waals surface area contributed by atoms with Gasteiger partial charge < -0.3 is 9.64 Å². The average Bonchev–Trinajstić information content (AvgIpc) is 2.84. The van der Waals surface area contributed by atoms with Crippen molar-refractivity contribution in [3.8, 4) is 6.07 Å². The van der Waals surface area contributed by atoms with Crippen LogP contribution in [0.5, 0.6) is 0 Å². The minimum absolute atomic E-state index is 0.296. The van der Waals surface area contributed by atoms with Crippen LogP contribution in [0.25, 0.3) is 0 Å². The molecule has 0 aromatic heterocycles. The normalized spacial score (nSPS) is 32.6. The number of hydrogen-bond acceptors (Lipinski definition) is 4. The van der Waals surface area contributed by atoms with Crippen LogP contribution in [-0.2, 0) is 4.74 Å². The molecule has 4 nitrogen and oxygen atoms in total. The van der Waals surface area contributed by atoms with E-state index < -0.39 is 0 Å². The smallest absolute Gasteiger partial charge is 0.108 e. The van der Waals surface area contributed by atoms with E-state index in [-0.39, 0.29) is 5.54 Å².